The van der Waals surface area contributed by atoms with Gasteiger partial charge in [0.15, 0.2) is 16.3 Å². The Bertz CT molecular complexity index is 1280. The lowest BCUT2D eigenvalue weighted by atomic mass is 10.1. The maximum atomic E-state index is 5.60. The lowest BCUT2D eigenvalue weighted by Gasteiger charge is -2.15. The third-order valence-electron chi connectivity index (χ3n) is 5.55. The predicted octanol–water partition coefficient (Wildman–Crippen LogP) is 5.38. The number of imidazole rings is 1. The Morgan fingerprint density at radius 2 is 1.62 bits per heavy atom. The van der Waals surface area contributed by atoms with E-state index < -0.39 is 0 Å². The first kappa shape index (κ1) is 23.6. The molecule has 0 aliphatic rings. The molecule has 0 radical (unpaired) electrons. The average Bonchev–Trinajstić information content (AvgIpc) is 3.48. The average molecular weight is 479 g/mol. The van der Waals surface area contributed by atoms with E-state index in [9.17, 15) is 0 Å². The Balaban J connectivity index is 1.80. The van der Waals surface area contributed by atoms with E-state index in [1.165, 1.54) is 11.1 Å². The summed E-state index contributed by atoms with van der Waals surface area (Å²) in [7, 11) is 4.88. The largest absolute Gasteiger partial charge is 0.493 e. The van der Waals surface area contributed by atoms with E-state index in [1.807, 2.05) is 24.7 Å². The minimum atomic E-state index is 0.579. The number of hydrogen-bond acceptors (Lipinski definition) is 6. The van der Waals surface area contributed by atoms with Gasteiger partial charge in [0.05, 0.1) is 39.0 Å². The molecule has 0 saturated carbocycles. The molecule has 2 heterocycles. The van der Waals surface area contributed by atoms with Gasteiger partial charge >= 0.3 is 0 Å². The van der Waals surface area contributed by atoms with Gasteiger partial charge in [0, 0.05) is 36.4 Å². The number of rotatable bonds is 9. The van der Waals surface area contributed by atoms with Crippen molar-refractivity contribution in [3.05, 3.63) is 70.4 Å². The summed E-state index contributed by atoms with van der Waals surface area (Å²) in [5, 5.41) is 2.14. The van der Waals surface area contributed by atoms with Crippen molar-refractivity contribution in [3.8, 4) is 28.5 Å². The number of methoxy groups -OCH3 is 3. The van der Waals surface area contributed by atoms with Crippen LogP contribution in [-0.2, 0) is 13.1 Å². The fourth-order valence-corrected chi connectivity index (χ4v) is 5.01. The monoisotopic (exact) mass is 478 g/mol. The van der Waals surface area contributed by atoms with Crippen molar-refractivity contribution >= 4 is 17.0 Å². The molecule has 0 amide bonds. The summed E-state index contributed by atoms with van der Waals surface area (Å²) >= 11 is 1.63. The van der Waals surface area contributed by atoms with Crippen LogP contribution in [0.15, 0.2) is 59.4 Å². The molecule has 0 aliphatic carbocycles. The molecule has 0 aliphatic heterocycles. The molecule has 2 aromatic heterocycles. The van der Waals surface area contributed by atoms with Gasteiger partial charge in [-0.25, -0.2) is 9.98 Å². The second kappa shape index (κ2) is 10.6. The van der Waals surface area contributed by atoms with Crippen LogP contribution in [-0.4, -0.2) is 35.4 Å². The molecule has 2 aromatic carbocycles. The summed E-state index contributed by atoms with van der Waals surface area (Å²) in [6.45, 7) is 5.87. The van der Waals surface area contributed by atoms with E-state index in [1.54, 1.807) is 38.9 Å². The lowest BCUT2D eigenvalue weighted by Crippen LogP contribution is -2.17. The second-order valence-corrected chi connectivity index (χ2v) is 8.92. The summed E-state index contributed by atoms with van der Waals surface area (Å²) in [5.41, 5.74) is 5.39. The summed E-state index contributed by atoms with van der Waals surface area (Å²) in [4.78, 5) is 10.1. The van der Waals surface area contributed by atoms with Gasteiger partial charge in [0.2, 0.25) is 5.75 Å². The predicted molar refractivity (Wildman–Crippen MR) is 135 cm³/mol. The van der Waals surface area contributed by atoms with Crippen LogP contribution in [0.3, 0.4) is 0 Å². The molecule has 0 atom stereocenters. The number of aryl methyl sites for hydroxylation is 3. The highest BCUT2D eigenvalue weighted by molar-refractivity contribution is 7.07. The topological polar surface area (TPSA) is 62.8 Å². The molecule has 0 bridgehead atoms. The molecule has 0 spiro atoms. The summed E-state index contributed by atoms with van der Waals surface area (Å²) in [6.07, 6.45) is 6.57. The maximum absolute atomic E-state index is 5.60. The zero-order chi connectivity index (χ0) is 24.1. The molecule has 4 aromatic rings. The number of hydrogen-bond donors (Lipinski definition) is 0. The Morgan fingerprint density at radius 1 is 0.912 bits per heavy atom. The lowest BCUT2D eigenvalue weighted by molar-refractivity contribution is 0.324. The molecule has 0 fully saturated rings. The molecule has 0 saturated heterocycles. The number of aromatic nitrogens is 3. The van der Waals surface area contributed by atoms with E-state index in [0.717, 1.165) is 41.3 Å². The van der Waals surface area contributed by atoms with E-state index >= 15 is 0 Å². The van der Waals surface area contributed by atoms with Crippen LogP contribution in [0.5, 0.6) is 17.2 Å². The molecule has 4 rings (SSSR count). The minimum Gasteiger partial charge on any atom is -0.493 e. The van der Waals surface area contributed by atoms with Crippen molar-refractivity contribution in [2.45, 2.75) is 33.4 Å². The van der Waals surface area contributed by atoms with Gasteiger partial charge in [-0.05, 0) is 55.7 Å². The smallest absolute Gasteiger partial charge is 0.203 e. The summed E-state index contributed by atoms with van der Waals surface area (Å²) in [6, 6.07) is 10.4. The Morgan fingerprint density at radius 3 is 2.21 bits per heavy atom. The molecule has 0 N–H and O–H groups in total. The highest BCUT2D eigenvalue weighted by Gasteiger charge is 2.17. The first-order chi connectivity index (χ1) is 16.5. The van der Waals surface area contributed by atoms with Crippen LogP contribution in [0.4, 0.5) is 5.69 Å². The highest BCUT2D eigenvalue weighted by Crippen LogP contribution is 2.41. The minimum absolute atomic E-state index is 0.579. The third-order valence-corrected chi connectivity index (χ3v) is 6.41. The van der Waals surface area contributed by atoms with E-state index in [2.05, 4.69) is 51.5 Å². The van der Waals surface area contributed by atoms with Crippen LogP contribution in [0.25, 0.3) is 11.3 Å². The van der Waals surface area contributed by atoms with E-state index in [4.69, 9.17) is 19.2 Å². The van der Waals surface area contributed by atoms with Crippen LogP contribution in [0.2, 0.25) is 0 Å². The quantitative estimate of drug-likeness (QED) is 0.324. The van der Waals surface area contributed by atoms with Gasteiger partial charge < -0.3 is 23.3 Å². The first-order valence-electron chi connectivity index (χ1n) is 11.1. The van der Waals surface area contributed by atoms with Gasteiger partial charge in [0.1, 0.15) is 0 Å². The maximum Gasteiger partial charge on any atom is 0.203 e. The molecular formula is C26H30N4O3S. The third kappa shape index (κ3) is 5.17. The fourth-order valence-electron chi connectivity index (χ4n) is 4.05. The number of thiazole rings is 1. The normalized spacial score (nSPS) is 11.6. The van der Waals surface area contributed by atoms with Crippen molar-refractivity contribution in [2.24, 2.45) is 4.99 Å². The van der Waals surface area contributed by atoms with Crippen molar-refractivity contribution in [1.82, 2.24) is 14.1 Å². The number of benzene rings is 2. The summed E-state index contributed by atoms with van der Waals surface area (Å²) < 4.78 is 21.1. The van der Waals surface area contributed by atoms with Crippen LogP contribution in [0.1, 0.15) is 17.5 Å². The molecule has 34 heavy (non-hydrogen) atoms. The van der Waals surface area contributed by atoms with Crippen LogP contribution < -0.4 is 19.0 Å². The van der Waals surface area contributed by atoms with Crippen LogP contribution >= 0.6 is 11.3 Å². The van der Waals surface area contributed by atoms with Crippen molar-refractivity contribution in [2.75, 3.05) is 21.3 Å². The van der Waals surface area contributed by atoms with Gasteiger partial charge in [0.25, 0.3) is 0 Å². The SMILES string of the molecule is COc1cc(-c2csc(=Nc3cc(C)cc(C)c3)n2CCCn2ccnc2)cc(OC)c1OC. The Kier molecular flexibility index (Phi) is 7.37. The van der Waals surface area contributed by atoms with Gasteiger partial charge in [-0.15, -0.1) is 11.3 Å². The molecular weight excluding hydrogens is 448 g/mol. The standard InChI is InChI=1S/C26H30N4O3S/c1-18-11-19(2)13-21(12-18)28-26-30(9-6-8-29-10-7-27-17-29)22(16-34-26)20-14-23(31-3)25(33-5)24(15-20)32-4/h7,10-17H,6,8-9H2,1-5H3. The number of ether oxygens (including phenoxy) is 3. The van der Waals surface area contributed by atoms with Gasteiger partial charge in [-0.2, -0.15) is 0 Å². The Labute approximate surface area is 203 Å². The zero-order valence-corrected chi connectivity index (χ0v) is 21.1. The first-order valence-corrected chi connectivity index (χ1v) is 12.0. The molecule has 178 valence electrons. The fraction of sp³-hybridized carbons (Fsp3) is 0.308. The van der Waals surface area contributed by atoms with Crippen molar-refractivity contribution in [1.29, 1.82) is 0 Å². The van der Waals surface area contributed by atoms with Crippen molar-refractivity contribution < 1.29 is 14.2 Å². The van der Waals surface area contributed by atoms with E-state index in [-0.39, 0.29) is 0 Å². The molecule has 7 nitrogen and oxygen atoms in total. The van der Waals surface area contributed by atoms with Gasteiger partial charge in [-0.1, -0.05) is 6.07 Å². The van der Waals surface area contributed by atoms with E-state index in [0.29, 0.717) is 17.2 Å². The van der Waals surface area contributed by atoms with Crippen molar-refractivity contribution in [3.63, 3.8) is 0 Å². The molecule has 0 unspecified atom stereocenters. The Hall–Kier alpha value is -3.52. The highest BCUT2D eigenvalue weighted by atomic mass is 32.1. The summed E-state index contributed by atoms with van der Waals surface area (Å²) in [5.74, 6) is 1.83. The number of nitrogens with zero attached hydrogens (tertiary/aromatic N) is 4. The van der Waals surface area contributed by atoms with Crippen LogP contribution in [0, 0.1) is 13.8 Å². The zero-order valence-electron chi connectivity index (χ0n) is 20.2. The molecule has 8 heteroatoms. The van der Waals surface area contributed by atoms with Gasteiger partial charge in [-0.3, -0.25) is 0 Å². The second-order valence-electron chi connectivity index (χ2n) is 8.08.